The van der Waals surface area contributed by atoms with E-state index in [1.54, 1.807) is 18.2 Å². The molecule has 0 aliphatic rings. The molecule has 0 fully saturated rings. The minimum Gasteiger partial charge on any atom is -0.339 e. The van der Waals surface area contributed by atoms with Gasteiger partial charge >= 0.3 is 0 Å². The highest BCUT2D eigenvalue weighted by Gasteiger charge is 2.15. The fourth-order valence-electron chi connectivity index (χ4n) is 2.40. The van der Waals surface area contributed by atoms with E-state index in [-0.39, 0.29) is 10.7 Å². The van der Waals surface area contributed by atoms with Crippen molar-refractivity contribution in [1.29, 1.82) is 0 Å². The van der Waals surface area contributed by atoms with Crippen molar-refractivity contribution in [2.24, 2.45) is 4.40 Å². The quantitative estimate of drug-likeness (QED) is 0.546. The number of rotatable bonds is 4. The standard InChI is InChI=1S/C21H20N2O2S/c1-16-8-12-18(13-9-16)21(22-19-14-10-17(2)11-15-19)23-26(24,25)20-6-4-3-5-7-20/h3-15H,1-2H3,(H,22,23). The predicted molar refractivity (Wildman–Crippen MR) is 106 cm³/mol. The molecule has 1 N–H and O–H groups in total. The molecule has 0 atom stereocenters. The van der Waals surface area contributed by atoms with Crippen LogP contribution < -0.4 is 5.32 Å². The van der Waals surface area contributed by atoms with Gasteiger partial charge < -0.3 is 5.32 Å². The van der Waals surface area contributed by atoms with Gasteiger partial charge in [-0.2, -0.15) is 8.42 Å². The summed E-state index contributed by atoms with van der Waals surface area (Å²) in [5.74, 6) is 0.290. The highest BCUT2D eigenvalue weighted by atomic mass is 32.2. The molecule has 26 heavy (non-hydrogen) atoms. The molecular weight excluding hydrogens is 344 g/mol. The summed E-state index contributed by atoms with van der Waals surface area (Å²) in [5, 5.41) is 3.14. The Morgan fingerprint density at radius 2 is 1.31 bits per heavy atom. The van der Waals surface area contributed by atoms with Crippen LogP contribution in [0.3, 0.4) is 0 Å². The van der Waals surface area contributed by atoms with Crippen molar-refractivity contribution in [1.82, 2.24) is 0 Å². The SMILES string of the molecule is Cc1ccc(N/C(=N\S(=O)(=O)c2ccccc2)c2ccc(C)cc2)cc1. The zero-order chi connectivity index (χ0) is 18.6. The highest BCUT2D eigenvalue weighted by molar-refractivity contribution is 7.90. The summed E-state index contributed by atoms with van der Waals surface area (Å²) < 4.78 is 29.5. The summed E-state index contributed by atoms with van der Waals surface area (Å²) in [5.41, 5.74) is 3.70. The summed E-state index contributed by atoms with van der Waals surface area (Å²) >= 11 is 0. The van der Waals surface area contributed by atoms with Crippen LogP contribution in [0.15, 0.2) is 88.2 Å². The van der Waals surface area contributed by atoms with E-state index in [2.05, 4.69) is 9.71 Å². The monoisotopic (exact) mass is 364 g/mol. The lowest BCUT2D eigenvalue weighted by Crippen LogP contribution is -2.16. The van der Waals surface area contributed by atoms with Crippen LogP contribution in [0.25, 0.3) is 0 Å². The average molecular weight is 364 g/mol. The molecule has 3 aromatic carbocycles. The Morgan fingerprint density at radius 1 is 0.769 bits per heavy atom. The largest absolute Gasteiger partial charge is 0.339 e. The van der Waals surface area contributed by atoms with E-state index in [0.29, 0.717) is 5.56 Å². The van der Waals surface area contributed by atoms with Gasteiger partial charge in [0.25, 0.3) is 10.0 Å². The molecule has 0 amide bonds. The second-order valence-electron chi connectivity index (χ2n) is 6.09. The number of nitrogens with one attached hydrogen (secondary N) is 1. The molecular formula is C21H20N2O2S. The Hall–Kier alpha value is -2.92. The third kappa shape index (κ3) is 4.37. The highest BCUT2D eigenvalue weighted by Crippen LogP contribution is 2.16. The summed E-state index contributed by atoms with van der Waals surface area (Å²) in [6, 6.07) is 23.5. The maximum atomic E-state index is 12.7. The van der Waals surface area contributed by atoms with E-state index < -0.39 is 10.0 Å². The number of benzene rings is 3. The molecule has 0 unspecified atom stereocenters. The first-order chi connectivity index (χ1) is 12.4. The van der Waals surface area contributed by atoms with Gasteiger partial charge in [-0.15, -0.1) is 4.40 Å². The number of hydrogen-bond acceptors (Lipinski definition) is 2. The third-order valence-corrected chi connectivity index (χ3v) is 5.18. The Bertz CT molecular complexity index is 1010. The molecule has 132 valence electrons. The number of anilines is 1. The lowest BCUT2D eigenvalue weighted by molar-refractivity contribution is 0.598. The molecule has 5 heteroatoms. The fourth-order valence-corrected chi connectivity index (χ4v) is 3.40. The van der Waals surface area contributed by atoms with Crippen LogP contribution in [-0.2, 0) is 10.0 Å². The number of nitrogens with zero attached hydrogens (tertiary/aromatic N) is 1. The zero-order valence-electron chi connectivity index (χ0n) is 14.7. The Kier molecular flexibility index (Phi) is 5.19. The van der Waals surface area contributed by atoms with Gasteiger partial charge in [0.05, 0.1) is 4.90 Å². The van der Waals surface area contributed by atoms with Gasteiger partial charge in [-0.25, -0.2) is 0 Å². The number of amidine groups is 1. The van der Waals surface area contributed by atoms with E-state index in [9.17, 15) is 8.42 Å². The van der Waals surface area contributed by atoms with E-state index in [1.807, 2.05) is 62.4 Å². The van der Waals surface area contributed by atoms with Crippen molar-refractivity contribution in [3.8, 4) is 0 Å². The van der Waals surface area contributed by atoms with E-state index in [1.165, 1.54) is 12.1 Å². The maximum Gasteiger partial charge on any atom is 0.284 e. The second-order valence-corrected chi connectivity index (χ2v) is 7.69. The maximum absolute atomic E-state index is 12.7. The van der Waals surface area contributed by atoms with E-state index in [0.717, 1.165) is 16.8 Å². The molecule has 0 aliphatic heterocycles. The van der Waals surface area contributed by atoms with Crippen LogP contribution in [0.1, 0.15) is 16.7 Å². The molecule has 4 nitrogen and oxygen atoms in total. The second kappa shape index (κ2) is 7.54. The minimum atomic E-state index is -3.82. The van der Waals surface area contributed by atoms with Gasteiger partial charge in [0.1, 0.15) is 0 Å². The van der Waals surface area contributed by atoms with Crippen LogP contribution in [-0.4, -0.2) is 14.3 Å². The van der Waals surface area contributed by atoms with Crippen LogP contribution in [0, 0.1) is 13.8 Å². The summed E-state index contributed by atoms with van der Waals surface area (Å²) in [4.78, 5) is 0.162. The van der Waals surface area contributed by atoms with E-state index in [4.69, 9.17) is 0 Å². The van der Waals surface area contributed by atoms with E-state index >= 15 is 0 Å². The fraction of sp³-hybridized carbons (Fsp3) is 0.0952. The number of aryl methyl sites for hydroxylation is 2. The first-order valence-electron chi connectivity index (χ1n) is 8.25. The normalized spacial score (nSPS) is 12.0. The average Bonchev–Trinajstić information content (AvgIpc) is 2.64. The number of hydrogen-bond donors (Lipinski definition) is 1. The van der Waals surface area contributed by atoms with Crippen molar-refractivity contribution in [2.75, 3.05) is 5.32 Å². The van der Waals surface area contributed by atoms with Crippen LogP contribution >= 0.6 is 0 Å². The van der Waals surface area contributed by atoms with Gasteiger partial charge in [-0.3, -0.25) is 0 Å². The summed E-state index contributed by atoms with van der Waals surface area (Å²) in [7, 11) is -3.82. The smallest absolute Gasteiger partial charge is 0.284 e. The Morgan fingerprint density at radius 3 is 1.88 bits per heavy atom. The third-order valence-electron chi connectivity index (χ3n) is 3.89. The molecule has 0 heterocycles. The van der Waals surface area contributed by atoms with Crippen LogP contribution in [0.4, 0.5) is 5.69 Å². The lowest BCUT2D eigenvalue weighted by atomic mass is 10.1. The zero-order valence-corrected chi connectivity index (χ0v) is 15.5. The van der Waals surface area contributed by atoms with Crippen molar-refractivity contribution >= 4 is 21.5 Å². The molecule has 0 saturated heterocycles. The molecule has 0 saturated carbocycles. The van der Waals surface area contributed by atoms with Gasteiger partial charge in [0, 0.05) is 11.3 Å². The minimum absolute atomic E-state index is 0.162. The Labute approximate surface area is 154 Å². The van der Waals surface area contributed by atoms with Gasteiger partial charge in [-0.05, 0) is 38.1 Å². The van der Waals surface area contributed by atoms with Gasteiger partial charge in [0.2, 0.25) is 0 Å². The Balaban J connectivity index is 2.05. The first kappa shape index (κ1) is 17.9. The van der Waals surface area contributed by atoms with Crippen molar-refractivity contribution < 1.29 is 8.42 Å². The van der Waals surface area contributed by atoms with Crippen molar-refractivity contribution in [3.05, 3.63) is 95.6 Å². The molecule has 3 aromatic rings. The summed E-state index contributed by atoms with van der Waals surface area (Å²) in [6.45, 7) is 3.98. The molecule has 0 aliphatic carbocycles. The van der Waals surface area contributed by atoms with Crippen molar-refractivity contribution in [3.63, 3.8) is 0 Å². The molecule has 0 bridgehead atoms. The summed E-state index contributed by atoms with van der Waals surface area (Å²) in [6.07, 6.45) is 0. The topological polar surface area (TPSA) is 58.5 Å². The molecule has 0 aromatic heterocycles. The van der Waals surface area contributed by atoms with Crippen molar-refractivity contribution in [2.45, 2.75) is 18.7 Å². The van der Waals surface area contributed by atoms with Crippen LogP contribution in [0.5, 0.6) is 0 Å². The van der Waals surface area contributed by atoms with Gasteiger partial charge in [0.15, 0.2) is 5.84 Å². The molecule has 0 spiro atoms. The van der Waals surface area contributed by atoms with Gasteiger partial charge in [-0.1, -0.05) is 65.7 Å². The number of sulfonamides is 1. The van der Waals surface area contributed by atoms with Crippen LogP contribution in [0.2, 0.25) is 0 Å². The molecule has 3 rings (SSSR count). The molecule has 0 radical (unpaired) electrons. The predicted octanol–water partition coefficient (Wildman–Crippen LogP) is 4.55. The lowest BCUT2D eigenvalue weighted by Gasteiger charge is -2.11. The first-order valence-corrected chi connectivity index (χ1v) is 9.69.